The number of rotatable bonds is 4. The van der Waals surface area contributed by atoms with Gasteiger partial charge < -0.3 is 0 Å². The van der Waals surface area contributed by atoms with Crippen LogP contribution < -0.4 is 5.56 Å². The molecular weight excluding hydrogens is 281 g/mol. The Hall–Kier alpha value is -2.09. The molecule has 8 heteroatoms. The Bertz CT molecular complexity index is 806. The largest absolute Gasteiger partial charge is 0.290 e. The molecule has 0 atom stereocenters. The second kappa shape index (κ2) is 5.12. The van der Waals surface area contributed by atoms with Gasteiger partial charge in [0.1, 0.15) is 23.5 Å². The van der Waals surface area contributed by atoms with Crippen LogP contribution in [-0.4, -0.2) is 31.0 Å². The molecule has 0 spiro atoms. The van der Waals surface area contributed by atoms with Crippen LogP contribution in [0, 0.1) is 6.92 Å². The molecule has 3 aromatic rings. The first-order valence-corrected chi connectivity index (χ1v) is 6.94. The maximum Gasteiger partial charge on any atom is 0.271 e. The summed E-state index contributed by atoms with van der Waals surface area (Å²) < 4.78 is 15.9. The number of fused-ring (bicyclic) bond motifs is 1. The van der Waals surface area contributed by atoms with Crippen LogP contribution >= 0.6 is 11.3 Å². The van der Waals surface area contributed by atoms with E-state index in [9.17, 15) is 9.18 Å². The SMILES string of the molecule is Cc1csc2c(=O)n(Cc3ncnn3CCF)cnc12. The molecule has 0 amide bonds. The van der Waals surface area contributed by atoms with Gasteiger partial charge in [0.15, 0.2) is 0 Å². The van der Waals surface area contributed by atoms with E-state index in [4.69, 9.17) is 0 Å². The van der Waals surface area contributed by atoms with Gasteiger partial charge >= 0.3 is 0 Å². The summed E-state index contributed by atoms with van der Waals surface area (Å²) >= 11 is 1.38. The minimum Gasteiger partial charge on any atom is -0.290 e. The Morgan fingerprint density at radius 2 is 2.25 bits per heavy atom. The molecule has 0 saturated heterocycles. The molecule has 0 radical (unpaired) electrons. The van der Waals surface area contributed by atoms with Crippen molar-refractivity contribution in [2.75, 3.05) is 6.67 Å². The first-order chi connectivity index (χ1) is 9.70. The highest BCUT2D eigenvalue weighted by Crippen LogP contribution is 2.19. The van der Waals surface area contributed by atoms with Gasteiger partial charge in [0, 0.05) is 0 Å². The minimum atomic E-state index is -0.521. The van der Waals surface area contributed by atoms with Crippen LogP contribution in [0.25, 0.3) is 10.2 Å². The lowest BCUT2D eigenvalue weighted by Crippen LogP contribution is -2.22. The molecule has 20 heavy (non-hydrogen) atoms. The molecule has 3 aromatic heterocycles. The zero-order valence-electron chi connectivity index (χ0n) is 10.8. The average Bonchev–Trinajstić information content (AvgIpc) is 3.02. The van der Waals surface area contributed by atoms with Gasteiger partial charge in [-0.05, 0) is 17.9 Å². The lowest BCUT2D eigenvalue weighted by molar-refractivity contribution is 0.416. The second-order valence-corrected chi connectivity index (χ2v) is 5.24. The third-order valence-corrected chi connectivity index (χ3v) is 4.10. The summed E-state index contributed by atoms with van der Waals surface area (Å²) in [6, 6.07) is 0. The number of hydrogen-bond acceptors (Lipinski definition) is 5. The van der Waals surface area contributed by atoms with E-state index in [1.165, 1.54) is 33.2 Å². The predicted molar refractivity (Wildman–Crippen MR) is 73.7 cm³/mol. The van der Waals surface area contributed by atoms with Crippen LogP contribution in [0.2, 0.25) is 0 Å². The zero-order chi connectivity index (χ0) is 14.1. The summed E-state index contributed by atoms with van der Waals surface area (Å²) in [6.45, 7) is 1.77. The first-order valence-electron chi connectivity index (χ1n) is 6.06. The number of alkyl halides is 1. The molecule has 6 nitrogen and oxygen atoms in total. The molecule has 0 fully saturated rings. The summed E-state index contributed by atoms with van der Waals surface area (Å²) in [5.74, 6) is 0.541. The van der Waals surface area contributed by atoms with Crippen molar-refractivity contribution in [1.29, 1.82) is 0 Å². The maximum absolute atomic E-state index is 12.4. The quantitative estimate of drug-likeness (QED) is 0.729. The lowest BCUT2D eigenvalue weighted by Gasteiger charge is -2.06. The number of aryl methyl sites for hydroxylation is 2. The van der Waals surface area contributed by atoms with Crippen molar-refractivity contribution < 1.29 is 4.39 Å². The van der Waals surface area contributed by atoms with E-state index < -0.39 is 6.67 Å². The summed E-state index contributed by atoms with van der Waals surface area (Å²) in [5, 5.41) is 5.84. The van der Waals surface area contributed by atoms with Crippen LogP contribution in [0.15, 0.2) is 22.8 Å². The topological polar surface area (TPSA) is 65.6 Å². The number of aromatic nitrogens is 5. The normalized spacial score (nSPS) is 11.3. The van der Waals surface area contributed by atoms with E-state index in [0.717, 1.165) is 11.1 Å². The summed E-state index contributed by atoms with van der Waals surface area (Å²) in [5.41, 5.74) is 1.62. The third-order valence-electron chi connectivity index (χ3n) is 3.03. The Kier molecular flexibility index (Phi) is 3.31. The fourth-order valence-electron chi connectivity index (χ4n) is 2.00. The molecule has 0 aliphatic heterocycles. The van der Waals surface area contributed by atoms with Crippen molar-refractivity contribution in [3.63, 3.8) is 0 Å². The fraction of sp³-hybridized carbons (Fsp3) is 0.333. The predicted octanol–water partition coefficient (Wildman–Crippen LogP) is 1.38. The number of halogens is 1. The van der Waals surface area contributed by atoms with Crippen LogP contribution in [0.4, 0.5) is 4.39 Å². The highest BCUT2D eigenvalue weighted by atomic mass is 32.1. The fourth-order valence-corrected chi connectivity index (χ4v) is 2.95. The molecule has 3 rings (SSSR count). The third kappa shape index (κ3) is 2.11. The summed E-state index contributed by atoms with van der Waals surface area (Å²) in [7, 11) is 0. The van der Waals surface area contributed by atoms with Crippen molar-refractivity contribution in [1.82, 2.24) is 24.3 Å². The maximum atomic E-state index is 12.4. The first kappa shape index (κ1) is 12.9. The minimum absolute atomic E-state index is 0.108. The smallest absolute Gasteiger partial charge is 0.271 e. The van der Waals surface area contributed by atoms with Gasteiger partial charge in [-0.1, -0.05) is 0 Å². The van der Waals surface area contributed by atoms with E-state index in [1.54, 1.807) is 0 Å². The van der Waals surface area contributed by atoms with Crippen molar-refractivity contribution in [2.45, 2.75) is 20.0 Å². The van der Waals surface area contributed by atoms with Gasteiger partial charge in [0.25, 0.3) is 5.56 Å². The molecule has 0 aliphatic carbocycles. The van der Waals surface area contributed by atoms with Gasteiger partial charge in [-0.25, -0.2) is 19.0 Å². The Morgan fingerprint density at radius 1 is 1.40 bits per heavy atom. The van der Waals surface area contributed by atoms with E-state index in [-0.39, 0.29) is 18.6 Å². The van der Waals surface area contributed by atoms with Gasteiger partial charge in [0.05, 0.1) is 24.9 Å². The molecule has 0 unspecified atom stereocenters. The van der Waals surface area contributed by atoms with E-state index in [1.807, 2.05) is 12.3 Å². The summed E-state index contributed by atoms with van der Waals surface area (Å²) in [4.78, 5) is 20.7. The van der Waals surface area contributed by atoms with E-state index >= 15 is 0 Å². The molecule has 0 aromatic carbocycles. The van der Waals surface area contributed by atoms with Gasteiger partial charge in [-0.15, -0.1) is 11.3 Å². The number of hydrogen-bond donors (Lipinski definition) is 0. The van der Waals surface area contributed by atoms with Crippen molar-refractivity contribution in [2.24, 2.45) is 0 Å². The molecule has 3 heterocycles. The van der Waals surface area contributed by atoms with Crippen LogP contribution in [0.5, 0.6) is 0 Å². The summed E-state index contributed by atoms with van der Waals surface area (Å²) in [6.07, 6.45) is 2.86. The van der Waals surface area contributed by atoms with Crippen molar-refractivity contribution in [3.8, 4) is 0 Å². The average molecular weight is 293 g/mol. The molecular formula is C12H12FN5OS. The standard InChI is InChI=1S/C12H12FN5OS/c1-8-5-20-11-10(8)15-7-17(12(11)19)4-9-14-6-16-18(9)3-2-13/h5-7H,2-4H2,1H3. The molecule has 0 aliphatic rings. The van der Waals surface area contributed by atoms with E-state index in [0.29, 0.717) is 10.5 Å². The number of thiophene rings is 1. The van der Waals surface area contributed by atoms with Gasteiger partial charge in [0.2, 0.25) is 0 Å². The highest BCUT2D eigenvalue weighted by Gasteiger charge is 2.11. The highest BCUT2D eigenvalue weighted by molar-refractivity contribution is 7.17. The monoisotopic (exact) mass is 293 g/mol. The molecule has 0 bridgehead atoms. The van der Waals surface area contributed by atoms with E-state index in [2.05, 4.69) is 15.1 Å². The van der Waals surface area contributed by atoms with Crippen molar-refractivity contribution in [3.05, 3.63) is 39.8 Å². The molecule has 104 valence electrons. The second-order valence-electron chi connectivity index (χ2n) is 4.36. The molecule has 0 N–H and O–H groups in total. The lowest BCUT2D eigenvalue weighted by atomic mass is 10.3. The van der Waals surface area contributed by atoms with Crippen LogP contribution in [0.1, 0.15) is 11.4 Å². The number of nitrogens with zero attached hydrogens (tertiary/aromatic N) is 5. The van der Waals surface area contributed by atoms with Crippen LogP contribution in [0.3, 0.4) is 0 Å². The Labute approximate surface area is 117 Å². The zero-order valence-corrected chi connectivity index (χ0v) is 11.6. The van der Waals surface area contributed by atoms with Crippen molar-refractivity contribution >= 4 is 21.6 Å². The Balaban J connectivity index is 2.00. The molecule has 0 saturated carbocycles. The van der Waals surface area contributed by atoms with Gasteiger partial charge in [-0.3, -0.25) is 9.36 Å². The van der Waals surface area contributed by atoms with Crippen LogP contribution in [-0.2, 0) is 13.1 Å². The Morgan fingerprint density at radius 3 is 3.05 bits per heavy atom. The van der Waals surface area contributed by atoms with Gasteiger partial charge in [-0.2, -0.15) is 5.10 Å².